The van der Waals surface area contributed by atoms with Crippen LogP contribution in [0.15, 0.2) is 0 Å². The number of aliphatic hydroxyl groups excluding tert-OH is 1. The summed E-state index contributed by atoms with van der Waals surface area (Å²) in [6, 6.07) is 0.333. The number of rotatable bonds is 4. The Bertz CT molecular complexity index is 333. The molecule has 0 amide bonds. The Labute approximate surface area is 91.3 Å². The lowest BCUT2D eigenvalue weighted by Gasteiger charge is -2.18. The van der Waals surface area contributed by atoms with Crippen LogP contribution in [0.3, 0.4) is 0 Å². The lowest BCUT2D eigenvalue weighted by atomic mass is 10.1. The zero-order chi connectivity index (χ0) is 11.6. The standard InChI is InChI=1S/C11H21N3O/c1-7(6-15)12-8(2)11-9(3)13-14(5)10(11)4/h7-8,12,15H,6H2,1-5H3. The van der Waals surface area contributed by atoms with Crippen LogP contribution in [0, 0.1) is 13.8 Å². The van der Waals surface area contributed by atoms with Gasteiger partial charge in [0.25, 0.3) is 0 Å². The Kier molecular flexibility index (Phi) is 3.88. The summed E-state index contributed by atoms with van der Waals surface area (Å²) in [5.74, 6) is 0. The summed E-state index contributed by atoms with van der Waals surface area (Å²) in [7, 11) is 1.95. The summed E-state index contributed by atoms with van der Waals surface area (Å²) >= 11 is 0. The number of nitrogens with one attached hydrogen (secondary N) is 1. The minimum Gasteiger partial charge on any atom is -0.395 e. The maximum Gasteiger partial charge on any atom is 0.0644 e. The van der Waals surface area contributed by atoms with Crippen LogP contribution in [0.1, 0.15) is 36.8 Å². The molecule has 0 aliphatic carbocycles. The van der Waals surface area contributed by atoms with Gasteiger partial charge in [0.05, 0.1) is 12.3 Å². The minimum absolute atomic E-state index is 0.110. The van der Waals surface area contributed by atoms with E-state index in [1.807, 2.05) is 25.6 Å². The summed E-state index contributed by atoms with van der Waals surface area (Å²) in [4.78, 5) is 0. The van der Waals surface area contributed by atoms with Crippen LogP contribution in [0.2, 0.25) is 0 Å². The van der Waals surface area contributed by atoms with Crippen LogP contribution in [-0.4, -0.2) is 27.5 Å². The van der Waals surface area contributed by atoms with Crippen molar-refractivity contribution >= 4 is 0 Å². The summed E-state index contributed by atoms with van der Waals surface area (Å²) in [6.45, 7) is 8.31. The monoisotopic (exact) mass is 211 g/mol. The van der Waals surface area contributed by atoms with Gasteiger partial charge in [-0.2, -0.15) is 5.10 Å². The van der Waals surface area contributed by atoms with Gasteiger partial charge in [-0.05, 0) is 27.7 Å². The molecule has 2 N–H and O–H groups in total. The van der Waals surface area contributed by atoms with Gasteiger partial charge >= 0.3 is 0 Å². The Balaban J connectivity index is 2.86. The van der Waals surface area contributed by atoms with Crippen LogP contribution in [0.4, 0.5) is 0 Å². The maximum absolute atomic E-state index is 8.99. The van der Waals surface area contributed by atoms with E-state index in [2.05, 4.69) is 24.3 Å². The van der Waals surface area contributed by atoms with Crippen molar-refractivity contribution in [3.8, 4) is 0 Å². The van der Waals surface area contributed by atoms with Crippen molar-refractivity contribution in [2.45, 2.75) is 39.8 Å². The van der Waals surface area contributed by atoms with Crippen LogP contribution in [0.25, 0.3) is 0 Å². The average molecular weight is 211 g/mol. The molecule has 0 fully saturated rings. The van der Waals surface area contributed by atoms with Crippen molar-refractivity contribution in [3.63, 3.8) is 0 Å². The smallest absolute Gasteiger partial charge is 0.0644 e. The number of nitrogens with zero attached hydrogens (tertiary/aromatic N) is 2. The highest BCUT2D eigenvalue weighted by Gasteiger charge is 2.17. The molecule has 0 aliphatic heterocycles. The van der Waals surface area contributed by atoms with E-state index in [-0.39, 0.29) is 18.7 Å². The van der Waals surface area contributed by atoms with Gasteiger partial charge in [0.1, 0.15) is 0 Å². The predicted octanol–water partition coefficient (Wildman–Crippen LogP) is 1.07. The van der Waals surface area contributed by atoms with E-state index in [1.54, 1.807) is 0 Å². The molecule has 0 bridgehead atoms. The highest BCUT2D eigenvalue weighted by molar-refractivity contribution is 5.27. The fraction of sp³-hybridized carbons (Fsp3) is 0.727. The Morgan fingerprint density at radius 3 is 2.40 bits per heavy atom. The Morgan fingerprint density at radius 2 is 2.00 bits per heavy atom. The van der Waals surface area contributed by atoms with Crippen molar-refractivity contribution in [3.05, 3.63) is 17.0 Å². The molecule has 1 heterocycles. The number of aryl methyl sites for hydroxylation is 2. The lowest BCUT2D eigenvalue weighted by molar-refractivity contribution is 0.243. The largest absolute Gasteiger partial charge is 0.395 e. The van der Waals surface area contributed by atoms with E-state index in [4.69, 9.17) is 5.11 Å². The van der Waals surface area contributed by atoms with Crippen molar-refractivity contribution in [2.24, 2.45) is 7.05 Å². The molecule has 0 saturated heterocycles. The molecule has 0 aromatic carbocycles. The molecule has 4 nitrogen and oxygen atoms in total. The Morgan fingerprint density at radius 1 is 1.40 bits per heavy atom. The number of hydrogen-bond acceptors (Lipinski definition) is 3. The first-order chi connectivity index (χ1) is 6.97. The number of hydrogen-bond donors (Lipinski definition) is 2. The molecule has 4 heteroatoms. The van der Waals surface area contributed by atoms with E-state index < -0.39 is 0 Å². The van der Waals surface area contributed by atoms with Gasteiger partial charge in [-0.15, -0.1) is 0 Å². The molecule has 2 unspecified atom stereocenters. The minimum atomic E-state index is 0.110. The van der Waals surface area contributed by atoms with Gasteiger partial charge < -0.3 is 10.4 Å². The predicted molar refractivity (Wildman–Crippen MR) is 60.8 cm³/mol. The first-order valence-electron chi connectivity index (χ1n) is 5.34. The molecule has 1 aromatic heterocycles. The summed E-state index contributed by atoms with van der Waals surface area (Å²) < 4.78 is 1.90. The van der Waals surface area contributed by atoms with Gasteiger partial charge in [-0.3, -0.25) is 4.68 Å². The van der Waals surface area contributed by atoms with Gasteiger partial charge in [-0.25, -0.2) is 0 Å². The lowest BCUT2D eigenvalue weighted by Crippen LogP contribution is -2.32. The molecule has 0 aliphatic rings. The first-order valence-corrected chi connectivity index (χ1v) is 5.34. The molecular weight excluding hydrogens is 190 g/mol. The summed E-state index contributed by atoms with van der Waals surface area (Å²) in [5.41, 5.74) is 3.47. The number of aliphatic hydroxyl groups is 1. The second-order valence-electron chi connectivity index (χ2n) is 4.18. The fourth-order valence-electron chi connectivity index (χ4n) is 1.98. The third-order valence-electron chi connectivity index (χ3n) is 2.81. The first kappa shape index (κ1) is 12.2. The zero-order valence-electron chi connectivity index (χ0n) is 10.2. The molecular formula is C11H21N3O. The molecule has 86 valence electrons. The quantitative estimate of drug-likeness (QED) is 0.783. The van der Waals surface area contributed by atoms with E-state index in [0.717, 1.165) is 5.69 Å². The molecule has 1 rings (SSSR count). The summed E-state index contributed by atoms with van der Waals surface area (Å²) in [6.07, 6.45) is 0. The molecule has 0 saturated carbocycles. The highest BCUT2D eigenvalue weighted by Crippen LogP contribution is 2.20. The van der Waals surface area contributed by atoms with Crippen LogP contribution >= 0.6 is 0 Å². The second kappa shape index (κ2) is 4.77. The molecule has 1 aromatic rings. The molecule has 15 heavy (non-hydrogen) atoms. The SMILES string of the molecule is Cc1nn(C)c(C)c1C(C)NC(C)CO. The normalized spacial score (nSPS) is 15.3. The van der Waals surface area contributed by atoms with E-state index in [9.17, 15) is 0 Å². The zero-order valence-corrected chi connectivity index (χ0v) is 10.2. The van der Waals surface area contributed by atoms with Crippen molar-refractivity contribution < 1.29 is 5.11 Å². The highest BCUT2D eigenvalue weighted by atomic mass is 16.3. The van der Waals surface area contributed by atoms with Gasteiger partial charge in [0.2, 0.25) is 0 Å². The summed E-state index contributed by atoms with van der Waals surface area (Å²) in [5, 5.41) is 16.7. The van der Waals surface area contributed by atoms with Crippen molar-refractivity contribution in [1.82, 2.24) is 15.1 Å². The van der Waals surface area contributed by atoms with Crippen LogP contribution < -0.4 is 5.32 Å². The van der Waals surface area contributed by atoms with Gasteiger partial charge in [0, 0.05) is 30.4 Å². The maximum atomic E-state index is 8.99. The van der Waals surface area contributed by atoms with Gasteiger partial charge in [-0.1, -0.05) is 0 Å². The topological polar surface area (TPSA) is 50.1 Å². The Hall–Kier alpha value is -0.870. The third kappa shape index (κ3) is 2.58. The van der Waals surface area contributed by atoms with E-state index in [1.165, 1.54) is 11.3 Å². The second-order valence-corrected chi connectivity index (χ2v) is 4.18. The molecule has 0 radical (unpaired) electrons. The third-order valence-corrected chi connectivity index (χ3v) is 2.81. The van der Waals surface area contributed by atoms with Crippen molar-refractivity contribution in [2.75, 3.05) is 6.61 Å². The van der Waals surface area contributed by atoms with Crippen LogP contribution in [0.5, 0.6) is 0 Å². The molecule has 2 atom stereocenters. The average Bonchev–Trinajstić information content (AvgIpc) is 2.41. The van der Waals surface area contributed by atoms with E-state index >= 15 is 0 Å². The van der Waals surface area contributed by atoms with Crippen molar-refractivity contribution in [1.29, 1.82) is 0 Å². The molecule has 0 spiro atoms. The fourth-order valence-corrected chi connectivity index (χ4v) is 1.98. The van der Waals surface area contributed by atoms with Crippen LogP contribution in [-0.2, 0) is 7.05 Å². The number of aromatic nitrogens is 2. The van der Waals surface area contributed by atoms with Gasteiger partial charge in [0.15, 0.2) is 0 Å². The van der Waals surface area contributed by atoms with E-state index in [0.29, 0.717) is 0 Å².